The summed E-state index contributed by atoms with van der Waals surface area (Å²) in [5, 5.41) is 12.0. The molecule has 0 aromatic heterocycles. The molecule has 0 bridgehead atoms. The number of amides is 1. The van der Waals surface area contributed by atoms with Crippen molar-refractivity contribution in [3.05, 3.63) is 0 Å². The molecule has 1 aliphatic rings. The molecule has 1 aliphatic heterocycles. The predicted molar refractivity (Wildman–Crippen MR) is 68.7 cm³/mol. The smallest absolute Gasteiger partial charge is 0.226 e. The maximum Gasteiger partial charge on any atom is 0.226 e. The summed E-state index contributed by atoms with van der Waals surface area (Å²) >= 11 is 0. The van der Waals surface area contributed by atoms with Gasteiger partial charge in [-0.25, -0.2) is 0 Å². The first-order valence-corrected chi connectivity index (χ1v) is 6.71. The van der Waals surface area contributed by atoms with Crippen molar-refractivity contribution in [3.63, 3.8) is 0 Å². The van der Waals surface area contributed by atoms with Gasteiger partial charge in [0.15, 0.2) is 0 Å². The summed E-state index contributed by atoms with van der Waals surface area (Å²) in [5.74, 6) is 1.02. The molecule has 2 unspecified atom stereocenters. The van der Waals surface area contributed by atoms with Crippen molar-refractivity contribution in [1.29, 1.82) is 0 Å². The van der Waals surface area contributed by atoms with E-state index >= 15 is 0 Å². The fourth-order valence-electron chi connectivity index (χ4n) is 2.40. The van der Waals surface area contributed by atoms with Gasteiger partial charge in [0.2, 0.25) is 5.91 Å². The van der Waals surface area contributed by atoms with Crippen LogP contribution >= 0.6 is 0 Å². The summed E-state index contributed by atoms with van der Waals surface area (Å²) in [6.45, 7) is 5.10. The molecule has 4 nitrogen and oxygen atoms in total. The van der Waals surface area contributed by atoms with E-state index in [4.69, 9.17) is 5.11 Å². The summed E-state index contributed by atoms with van der Waals surface area (Å²) in [7, 11) is 1.89. The quantitative estimate of drug-likeness (QED) is 0.679. The van der Waals surface area contributed by atoms with Crippen molar-refractivity contribution in [1.82, 2.24) is 10.2 Å². The molecule has 1 saturated heterocycles. The molecule has 1 rings (SSSR count). The van der Waals surface area contributed by atoms with Crippen molar-refractivity contribution < 1.29 is 9.90 Å². The maximum absolute atomic E-state index is 12.1. The van der Waals surface area contributed by atoms with Crippen molar-refractivity contribution in [2.45, 2.75) is 32.6 Å². The molecule has 0 aromatic rings. The van der Waals surface area contributed by atoms with E-state index in [1.165, 1.54) is 0 Å². The topological polar surface area (TPSA) is 52.6 Å². The highest BCUT2D eigenvalue weighted by Gasteiger charge is 2.26. The Kier molecular flexibility index (Phi) is 6.52. The molecule has 1 amide bonds. The van der Waals surface area contributed by atoms with Crippen molar-refractivity contribution in [2.75, 3.05) is 33.3 Å². The minimum Gasteiger partial charge on any atom is -0.396 e. The van der Waals surface area contributed by atoms with Gasteiger partial charge in [-0.15, -0.1) is 0 Å². The first kappa shape index (κ1) is 14.5. The van der Waals surface area contributed by atoms with Gasteiger partial charge in [0.1, 0.15) is 0 Å². The molecule has 0 spiro atoms. The van der Waals surface area contributed by atoms with E-state index in [2.05, 4.69) is 12.2 Å². The van der Waals surface area contributed by atoms with Gasteiger partial charge in [-0.05, 0) is 38.1 Å². The number of nitrogens with zero attached hydrogens (tertiary/aromatic N) is 1. The van der Waals surface area contributed by atoms with Crippen molar-refractivity contribution in [2.24, 2.45) is 11.8 Å². The number of aliphatic hydroxyl groups is 1. The zero-order valence-corrected chi connectivity index (χ0v) is 11.1. The van der Waals surface area contributed by atoms with Crippen LogP contribution in [-0.4, -0.2) is 49.2 Å². The number of aliphatic hydroxyl groups excluding tert-OH is 1. The highest BCUT2D eigenvalue weighted by atomic mass is 16.2. The highest BCUT2D eigenvalue weighted by Crippen LogP contribution is 2.17. The predicted octanol–water partition coefficient (Wildman–Crippen LogP) is 0.853. The maximum atomic E-state index is 12.1. The third-order valence-electron chi connectivity index (χ3n) is 3.45. The molecule has 0 aliphatic carbocycles. The lowest BCUT2D eigenvalue weighted by Gasteiger charge is -2.30. The molecule has 2 atom stereocenters. The number of hydrogen-bond donors (Lipinski definition) is 2. The third-order valence-corrected chi connectivity index (χ3v) is 3.45. The zero-order valence-electron chi connectivity index (χ0n) is 11.1. The van der Waals surface area contributed by atoms with E-state index in [0.29, 0.717) is 5.92 Å². The largest absolute Gasteiger partial charge is 0.396 e. The van der Waals surface area contributed by atoms with E-state index in [1.807, 2.05) is 11.9 Å². The number of nitrogens with one attached hydrogen (secondary N) is 1. The standard InChI is InChI=1S/C13H26N2O2/c1-11-8-12(10-14-9-11)13(17)15(2)6-4-3-5-7-16/h11-12,14,16H,3-10H2,1-2H3. The number of hydrogen-bond acceptors (Lipinski definition) is 3. The summed E-state index contributed by atoms with van der Waals surface area (Å²) in [6, 6.07) is 0. The van der Waals surface area contributed by atoms with E-state index in [9.17, 15) is 4.79 Å². The average Bonchev–Trinajstić information content (AvgIpc) is 2.33. The molecule has 4 heteroatoms. The van der Waals surface area contributed by atoms with Crippen LogP contribution in [-0.2, 0) is 4.79 Å². The molecule has 17 heavy (non-hydrogen) atoms. The third kappa shape index (κ3) is 5.04. The van der Waals surface area contributed by atoms with Gasteiger partial charge in [0.05, 0.1) is 5.92 Å². The molecular formula is C13H26N2O2. The summed E-state index contributed by atoms with van der Waals surface area (Å²) < 4.78 is 0. The summed E-state index contributed by atoms with van der Waals surface area (Å²) in [5.41, 5.74) is 0. The molecule has 2 N–H and O–H groups in total. The van der Waals surface area contributed by atoms with Gasteiger partial charge in [0.25, 0.3) is 0 Å². The highest BCUT2D eigenvalue weighted by molar-refractivity contribution is 5.78. The normalized spacial score (nSPS) is 24.6. The number of carbonyl (C=O) groups is 1. The Balaban J connectivity index is 2.25. The second-order valence-electron chi connectivity index (χ2n) is 5.24. The Labute approximate surface area is 104 Å². The molecule has 0 aromatic carbocycles. The second-order valence-corrected chi connectivity index (χ2v) is 5.24. The summed E-state index contributed by atoms with van der Waals surface area (Å²) in [6.07, 6.45) is 3.82. The van der Waals surface area contributed by atoms with E-state index in [-0.39, 0.29) is 18.4 Å². The van der Waals surface area contributed by atoms with Gasteiger partial charge < -0.3 is 15.3 Å². The van der Waals surface area contributed by atoms with Crippen LogP contribution in [0.3, 0.4) is 0 Å². The zero-order chi connectivity index (χ0) is 12.7. The molecule has 0 radical (unpaired) electrons. The van der Waals surface area contributed by atoms with Crippen molar-refractivity contribution in [3.8, 4) is 0 Å². The lowest BCUT2D eigenvalue weighted by molar-refractivity contribution is -0.135. The minimum absolute atomic E-state index is 0.154. The van der Waals surface area contributed by atoms with E-state index < -0.39 is 0 Å². The lowest BCUT2D eigenvalue weighted by atomic mass is 9.91. The van der Waals surface area contributed by atoms with Crippen LogP contribution in [0.5, 0.6) is 0 Å². The fraction of sp³-hybridized carbons (Fsp3) is 0.923. The molecule has 0 saturated carbocycles. The number of rotatable bonds is 6. The lowest BCUT2D eigenvalue weighted by Crippen LogP contribution is -2.44. The number of carbonyl (C=O) groups excluding carboxylic acids is 1. The van der Waals surface area contributed by atoms with Crippen molar-refractivity contribution >= 4 is 5.91 Å². The fourth-order valence-corrected chi connectivity index (χ4v) is 2.40. The SMILES string of the molecule is CC1CNCC(C(=O)N(C)CCCCCO)C1. The minimum atomic E-state index is 0.154. The first-order chi connectivity index (χ1) is 8.15. The number of piperidine rings is 1. The Hall–Kier alpha value is -0.610. The average molecular weight is 242 g/mol. The Morgan fingerprint density at radius 1 is 1.35 bits per heavy atom. The molecule has 100 valence electrons. The van der Waals surface area contributed by atoms with Gasteiger partial charge in [-0.1, -0.05) is 6.92 Å². The Morgan fingerprint density at radius 2 is 2.12 bits per heavy atom. The molecule has 1 fully saturated rings. The first-order valence-electron chi connectivity index (χ1n) is 6.71. The second kappa shape index (κ2) is 7.67. The monoisotopic (exact) mass is 242 g/mol. The molecular weight excluding hydrogens is 216 g/mol. The van der Waals surface area contributed by atoms with Gasteiger partial charge in [0, 0.05) is 26.7 Å². The van der Waals surface area contributed by atoms with Crippen LogP contribution < -0.4 is 5.32 Å². The summed E-state index contributed by atoms with van der Waals surface area (Å²) in [4.78, 5) is 14.0. The Bertz CT molecular complexity index is 233. The molecule has 1 heterocycles. The van der Waals surface area contributed by atoms with Crippen LogP contribution in [0.2, 0.25) is 0 Å². The van der Waals surface area contributed by atoms with Crippen LogP contribution in [0.25, 0.3) is 0 Å². The number of unbranched alkanes of at least 4 members (excludes halogenated alkanes) is 2. The van der Waals surface area contributed by atoms with Gasteiger partial charge in [-0.2, -0.15) is 0 Å². The van der Waals surface area contributed by atoms with Gasteiger partial charge in [-0.3, -0.25) is 4.79 Å². The van der Waals surface area contributed by atoms with Crippen LogP contribution in [0.4, 0.5) is 0 Å². The van der Waals surface area contributed by atoms with Crippen LogP contribution in [0.15, 0.2) is 0 Å². The van der Waals surface area contributed by atoms with Crippen LogP contribution in [0.1, 0.15) is 32.6 Å². The van der Waals surface area contributed by atoms with E-state index in [0.717, 1.165) is 45.3 Å². The van der Waals surface area contributed by atoms with Crippen LogP contribution in [0, 0.1) is 11.8 Å². The van der Waals surface area contributed by atoms with E-state index in [1.54, 1.807) is 0 Å². The Morgan fingerprint density at radius 3 is 2.76 bits per heavy atom. The van der Waals surface area contributed by atoms with Gasteiger partial charge >= 0.3 is 0 Å².